The highest BCUT2D eigenvalue weighted by molar-refractivity contribution is 7.99. The summed E-state index contributed by atoms with van der Waals surface area (Å²) >= 11 is 1.48. The summed E-state index contributed by atoms with van der Waals surface area (Å²) in [6.07, 6.45) is 0.804. The molecular weight excluding hydrogens is 377 g/mol. The topological polar surface area (TPSA) is 68.0 Å². The van der Waals surface area contributed by atoms with Crippen LogP contribution in [-0.4, -0.2) is 21.9 Å². The van der Waals surface area contributed by atoms with Gasteiger partial charge in [-0.15, -0.1) is 16.9 Å². The zero-order valence-corrected chi connectivity index (χ0v) is 16.6. The molecule has 28 heavy (non-hydrogen) atoms. The number of anilines is 1. The lowest BCUT2D eigenvalue weighted by atomic mass is 10.0. The van der Waals surface area contributed by atoms with Crippen LogP contribution in [0.4, 0.5) is 10.4 Å². The first kappa shape index (κ1) is 20.1. The monoisotopic (exact) mass is 399 g/mol. The molecule has 0 radical (unpaired) electrons. The van der Waals surface area contributed by atoms with Crippen molar-refractivity contribution in [1.29, 1.82) is 0 Å². The van der Waals surface area contributed by atoms with Crippen molar-refractivity contribution in [1.82, 2.24) is 10.2 Å². The average Bonchev–Trinajstić information content (AvgIpc) is 3.10. The van der Waals surface area contributed by atoms with Crippen molar-refractivity contribution in [2.24, 2.45) is 0 Å². The summed E-state index contributed by atoms with van der Waals surface area (Å²) in [7, 11) is 0. The van der Waals surface area contributed by atoms with Gasteiger partial charge in [-0.3, -0.25) is 10.1 Å². The highest BCUT2D eigenvalue weighted by Crippen LogP contribution is 2.20. The van der Waals surface area contributed by atoms with Crippen molar-refractivity contribution >= 4 is 23.7 Å². The van der Waals surface area contributed by atoms with Crippen LogP contribution < -0.4 is 5.32 Å². The maximum Gasteiger partial charge on any atom is 0.322 e. The van der Waals surface area contributed by atoms with E-state index in [1.165, 1.54) is 29.5 Å². The Kier molecular flexibility index (Phi) is 6.81. The molecule has 0 bridgehead atoms. The highest BCUT2D eigenvalue weighted by Gasteiger charge is 2.11. The van der Waals surface area contributed by atoms with E-state index in [1.807, 2.05) is 12.1 Å². The number of rotatable bonds is 8. The van der Waals surface area contributed by atoms with E-state index in [9.17, 15) is 9.18 Å². The fraction of sp³-hybridized carbons (Fsp3) is 0.286. The van der Waals surface area contributed by atoms with E-state index in [0.29, 0.717) is 24.0 Å². The molecule has 3 aromatic rings. The Bertz CT molecular complexity index is 908. The number of carbonyl (C=O) groups is 1. The molecule has 0 aliphatic heterocycles. The van der Waals surface area contributed by atoms with Gasteiger partial charge in [0.05, 0.1) is 6.42 Å². The maximum absolute atomic E-state index is 12.9. The van der Waals surface area contributed by atoms with Gasteiger partial charge in [0.25, 0.3) is 0 Å². The summed E-state index contributed by atoms with van der Waals surface area (Å²) in [5.41, 5.74) is 2.35. The quantitative estimate of drug-likeness (QED) is 0.537. The van der Waals surface area contributed by atoms with Gasteiger partial charge in [0, 0.05) is 17.1 Å². The normalized spacial score (nSPS) is 11.0. The van der Waals surface area contributed by atoms with Crippen LogP contribution in [0.25, 0.3) is 0 Å². The molecule has 1 amide bonds. The van der Waals surface area contributed by atoms with Gasteiger partial charge in [0.15, 0.2) is 0 Å². The summed E-state index contributed by atoms with van der Waals surface area (Å²) in [6.45, 7) is 4.31. The second kappa shape index (κ2) is 9.50. The molecule has 2 aromatic carbocycles. The Morgan fingerprint density at radius 1 is 1.11 bits per heavy atom. The number of nitrogens with one attached hydrogen (secondary N) is 1. The predicted octanol–water partition coefficient (Wildman–Crippen LogP) is 5.04. The molecular formula is C21H22FN3O2S. The van der Waals surface area contributed by atoms with Crippen molar-refractivity contribution in [2.45, 2.75) is 37.5 Å². The number of hydrogen-bond acceptors (Lipinski definition) is 5. The summed E-state index contributed by atoms with van der Waals surface area (Å²) in [4.78, 5) is 12.9. The minimum Gasteiger partial charge on any atom is -0.407 e. The zero-order valence-electron chi connectivity index (χ0n) is 15.8. The third-order valence-corrected chi connectivity index (χ3v) is 5.14. The third kappa shape index (κ3) is 5.92. The number of aromatic nitrogens is 2. The maximum atomic E-state index is 12.9. The van der Waals surface area contributed by atoms with Crippen LogP contribution >= 0.6 is 11.8 Å². The minimum atomic E-state index is -0.273. The van der Waals surface area contributed by atoms with Gasteiger partial charge in [-0.1, -0.05) is 43.2 Å². The molecule has 146 valence electrons. The van der Waals surface area contributed by atoms with Gasteiger partial charge >= 0.3 is 6.01 Å². The Labute approximate surface area is 167 Å². The van der Waals surface area contributed by atoms with Gasteiger partial charge < -0.3 is 4.42 Å². The first-order valence-electron chi connectivity index (χ1n) is 9.09. The van der Waals surface area contributed by atoms with Crippen LogP contribution in [-0.2, 0) is 11.2 Å². The van der Waals surface area contributed by atoms with E-state index in [1.54, 1.807) is 12.1 Å². The van der Waals surface area contributed by atoms with Crippen molar-refractivity contribution in [3.63, 3.8) is 0 Å². The number of hydrogen-bond donors (Lipinski definition) is 1. The molecule has 0 fully saturated rings. The second-order valence-corrected chi connectivity index (χ2v) is 7.84. The molecule has 7 heteroatoms. The van der Waals surface area contributed by atoms with Gasteiger partial charge in [-0.2, -0.15) is 0 Å². The first-order chi connectivity index (χ1) is 13.5. The molecule has 0 spiro atoms. The van der Waals surface area contributed by atoms with Crippen LogP contribution in [0, 0.1) is 5.82 Å². The molecule has 1 aromatic heterocycles. The molecule has 0 aliphatic rings. The lowest BCUT2D eigenvalue weighted by molar-refractivity contribution is -0.115. The summed E-state index contributed by atoms with van der Waals surface area (Å²) in [6, 6.07) is 14.6. The molecule has 0 atom stereocenters. The summed E-state index contributed by atoms with van der Waals surface area (Å²) in [5.74, 6) is 1.03. The Morgan fingerprint density at radius 3 is 2.50 bits per heavy atom. The Balaban J connectivity index is 1.45. The van der Waals surface area contributed by atoms with Crippen LogP contribution in [0.2, 0.25) is 0 Å². The van der Waals surface area contributed by atoms with E-state index in [4.69, 9.17) is 4.42 Å². The number of carbonyl (C=O) groups excluding carboxylic acids is 1. The first-order valence-corrected chi connectivity index (χ1v) is 10.1. The second-order valence-electron chi connectivity index (χ2n) is 6.67. The molecule has 1 N–H and O–H groups in total. The number of benzene rings is 2. The summed E-state index contributed by atoms with van der Waals surface area (Å²) < 4.78 is 18.4. The minimum absolute atomic E-state index is 0.102. The van der Waals surface area contributed by atoms with E-state index in [2.05, 4.69) is 41.5 Å². The zero-order chi connectivity index (χ0) is 19.9. The van der Waals surface area contributed by atoms with Gasteiger partial charge in [0.1, 0.15) is 5.82 Å². The number of thioether (sulfide) groups is 1. The fourth-order valence-corrected chi connectivity index (χ4v) is 3.40. The van der Waals surface area contributed by atoms with Crippen LogP contribution in [0.5, 0.6) is 0 Å². The number of nitrogens with zero attached hydrogens (tertiary/aromatic N) is 2. The van der Waals surface area contributed by atoms with Gasteiger partial charge in [-0.05, 0) is 41.3 Å². The van der Waals surface area contributed by atoms with Crippen molar-refractivity contribution in [3.05, 3.63) is 71.4 Å². The fourth-order valence-electron chi connectivity index (χ4n) is 2.54. The molecule has 3 rings (SSSR count). The van der Waals surface area contributed by atoms with E-state index < -0.39 is 0 Å². The van der Waals surface area contributed by atoms with Crippen molar-refractivity contribution in [3.8, 4) is 0 Å². The van der Waals surface area contributed by atoms with Crippen LogP contribution in [0.15, 0.2) is 57.8 Å². The molecule has 1 heterocycles. The Hall–Kier alpha value is -2.67. The van der Waals surface area contributed by atoms with Crippen LogP contribution in [0.3, 0.4) is 0 Å². The van der Waals surface area contributed by atoms with Crippen molar-refractivity contribution < 1.29 is 13.6 Å². The smallest absolute Gasteiger partial charge is 0.322 e. The van der Waals surface area contributed by atoms with E-state index in [0.717, 1.165) is 10.5 Å². The lowest BCUT2D eigenvalue weighted by Crippen LogP contribution is -2.12. The van der Waals surface area contributed by atoms with Crippen molar-refractivity contribution in [2.75, 3.05) is 11.1 Å². The predicted molar refractivity (Wildman–Crippen MR) is 108 cm³/mol. The molecule has 0 unspecified atom stereocenters. The molecule has 5 nitrogen and oxygen atoms in total. The molecule has 0 aliphatic carbocycles. The van der Waals surface area contributed by atoms with E-state index in [-0.39, 0.29) is 24.2 Å². The van der Waals surface area contributed by atoms with Gasteiger partial charge in [-0.25, -0.2) is 4.39 Å². The highest BCUT2D eigenvalue weighted by atomic mass is 32.2. The average molecular weight is 399 g/mol. The number of amides is 1. The largest absolute Gasteiger partial charge is 0.407 e. The number of halogens is 1. The summed E-state index contributed by atoms with van der Waals surface area (Å²) in [5, 5.41) is 10.5. The standard InChI is InChI=1S/C21H22FN3O2S/c1-14(2)16-5-3-15(4-6-16)13-20-24-25-21(27-20)23-19(26)11-12-28-18-9-7-17(22)8-10-18/h3-10,14H,11-13H2,1-2H3,(H,23,25,26). The third-order valence-electron chi connectivity index (χ3n) is 4.13. The van der Waals surface area contributed by atoms with E-state index >= 15 is 0 Å². The van der Waals surface area contributed by atoms with Crippen LogP contribution in [0.1, 0.15) is 43.2 Å². The Morgan fingerprint density at radius 2 is 1.82 bits per heavy atom. The molecule has 0 saturated carbocycles. The van der Waals surface area contributed by atoms with Gasteiger partial charge in [0.2, 0.25) is 11.8 Å². The molecule has 0 saturated heterocycles. The lowest BCUT2D eigenvalue weighted by Gasteiger charge is -2.05. The SMILES string of the molecule is CC(C)c1ccc(Cc2nnc(NC(=O)CCSc3ccc(F)cc3)o2)cc1.